The second kappa shape index (κ2) is 5.77. The van der Waals surface area contributed by atoms with Crippen LogP contribution in [-0.2, 0) is 16.6 Å². The van der Waals surface area contributed by atoms with Gasteiger partial charge < -0.3 is 5.32 Å². The van der Waals surface area contributed by atoms with Gasteiger partial charge in [0.05, 0.1) is 0 Å². The lowest BCUT2D eigenvalue weighted by Gasteiger charge is -2.23. The number of pyridine rings is 1. The van der Waals surface area contributed by atoms with Gasteiger partial charge in [-0.1, -0.05) is 13.0 Å². The van der Waals surface area contributed by atoms with Gasteiger partial charge in [0.2, 0.25) is 0 Å². The number of hydrogen-bond donors (Lipinski definition) is 2. The van der Waals surface area contributed by atoms with Crippen molar-refractivity contribution in [2.45, 2.75) is 44.3 Å². The average Bonchev–Trinajstić information content (AvgIpc) is 2.29. The summed E-state index contributed by atoms with van der Waals surface area (Å²) in [5, 5.41) is 3.04. The largest absolute Gasteiger partial charge is 0.316 e. The van der Waals surface area contributed by atoms with E-state index in [0.29, 0.717) is 13.0 Å². The van der Waals surface area contributed by atoms with E-state index >= 15 is 0 Å². The van der Waals surface area contributed by atoms with Crippen LogP contribution in [0.1, 0.15) is 32.8 Å². The molecule has 0 saturated carbocycles. The molecule has 1 aromatic rings. The van der Waals surface area contributed by atoms with E-state index < -0.39 is 15.6 Å². The third kappa shape index (κ3) is 4.04. The van der Waals surface area contributed by atoms with E-state index in [0.717, 1.165) is 5.56 Å². The number of nitrogens with one attached hydrogen (secondary N) is 2. The smallest absolute Gasteiger partial charge is 0.258 e. The van der Waals surface area contributed by atoms with Crippen molar-refractivity contribution in [3.05, 3.63) is 23.9 Å². The van der Waals surface area contributed by atoms with Crippen LogP contribution in [0, 0.1) is 0 Å². The Hall–Kier alpha value is -0.980. The van der Waals surface area contributed by atoms with Crippen LogP contribution in [0.5, 0.6) is 0 Å². The van der Waals surface area contributed by atoms with E-state index in [2.05, 4.69) is 15.0 Å². The zero-order valence-corrected chi connectivity index (χ0v) is 12.1. The minimum atomic E-state index is -3.54. The minimum absolute atomic E-state index is 0.0591. The second-order valence-corrected chi connectivity index (χ2v) is 6.51. The fourth-order valence-electron chi connectivity index (χ4n) is 1.37. The van der Waals surface area contributed by atoms with Gasteiger partial charge in [-0.05, 0) is 38.9 Å². The Morgan fingerprint density at radius 1 is 1.33 bits per heavy atom. The van der Waals surface area contributed by atoms with Gasteiger partial charge in [-0.2, -0.15) is 0 Å². The fourth-order valence-corrected chi connectivity index (χ4v) is 2.78. The summed E-state index contributed by atoms with van der Waals surface area (Å²) in [6, 6.07) is 3.29. The van der Waals surface area contributed by atoms with Crippen LogP contribution in [0.3, 0.4) is 0 Å². The SMILES string of the molecule is CCC(C)(C)NS(=O)(=O)c1ccc(CNC)cn1. The molecule has 2 N–H and O–H groups in total. The number of sulfonamides is 1. The molecule has 0 saturated heterocycles. The van der Waals surface area contributed by atoms with Crippen molar-refractivity contribution in [1.29, 1.82) is 0 Å². The molecule has 6 heteroatoms. The molecule has 102 valence electrons. The van der Waals surface area contributed by atoms with Crippen LogP contribution in [0.25, 0.3) is 0 Å². The molecule has 0 aliphatic heterocycles. The van der Waals surface area contributed by atoms with E-state index in [1.54, 1.807) is 12.3 Å². The van der Waals surface area contributed by atoms with Crippen molar-refractivity contribution in [2.75, 3.05) is 7.05 Å². The molecule has 0 radical (unpaired) electrons. The lowest BCUT2D eigenvalue weighted by atomic mass is 10.0. The van der Waals surface area contributed by atoms with Crippen molar-refractivity contribution in [3.63, 3.8) is 0 Å². The summed E-state index contributed by atoms with van der Waals surface area (Å²) in [5.74, 6) is 0. The molecule has 0 aliphatic carbocycles. The maximum Gasteiger partial charge on any atom is 0.258 e. The third-order valence-corrected chi connectivity index (χ3v) is 4.36. The Kier molecular flexibility index (Phi) is 4.84. The van der Waals surface area contributed by atoms with Gasteiger partial charge in [0.15, 0.2) is 5.03 Å². The highest BCUT2D eigenvalue weighted by Gasteiger charge is 2.25. The van der Waals surface area contributed by atoms with E-state index in [9.17, 15) is 8.42 Å². The molecule has 0 aliphatic rings. The highest BCUT2D eigenvalue weighted by atomic mass is 32.2. The Morgan fingerprint density at radius 2 is 2.00 bits per heavy atom. The molecule has 1 heterocycles. The monoisotopic (exact) mass is 271 g/mol. The lowest BCUT2D eigenvalue weighted by molar-refractivity contribution is 0.438. The highest BCUT2D eigenvalue weighted by molar-refractivity contribution is 7.89. The molecular formula is C12H21N3O2S. The van der Waals surface area contributed by atoms with Crippen LogP contribution in [0.2, 0.25) is 0 Å². The first-order valence-electron chi connectivity index (χ1n) is 5.94. The summed E-state index contributed by atoms with van der Waals surface area (Å²) in [4.78, 5) is 4.00. The van der Waals surface area contributed by atoms with Crippen molar-refractivity contribution in [2.24, 2.45) is 0 Å². The molecule has 1 rings (SSSR count). The van der Waals surface area contributed by atoms with Crippen molar-refractivity contribution in [3.8, 4) is 0 Å². The normalized spacial score (nSPS) is 12.7. The Bertz CT molecular complexity index is 481. The number of aromatic nitrogens is 1. The van der Waals surface area contributed by atoms with Gasteiger partial charge in [-0.15, -0.1) is 0 Å². The molecule has 0 atom stereocenters. The topological polar surface area (TPSA) is 71.1 Å². The Labute approximate surface area is 109 Å². The van der Waals surface area contributed by atoms with Crippen LogP contribution < -0.4 is 10.0 Å². The predicted octanol–water partition coefficient (Wildman–Crippen LogP) is 1.27. The van der Waals surface area contributed by atoms with Gasteiger partial charge in [0.25, 0.3) is 10.0 Å². The van der Waals surface area contributed by atoms with Crippen LogP contribution >= 0.6 is 0 Å². The summed E-state index contributed by atoms with van der Waals surface area (Å²) in [7, 11) is -1.71. The highest BCUT2D eigenvalue weighted by Crippen LogP contribution is 2.14. The van der Waals surface area contributed by atoms with Gasteiger partial charge in [-0.3, -0.25) is 0 Å². The Balaban J connectivity index is 2.92. The van der Waals surface area contributed by atoms with Crippen molar-refractivity contribution >= 4 is 10.0 Å². The van der Waals surface area contributed by atoms with Crippen LogP contribution in [0.15, 0.2) is 23.4 Å². The van der Waals surface area contributed by atoms with E-state index in [-0.39, 0.29) is 5.03 Å². The van der Waals surface area contributed by atoms with Crippen molar-refractivity contribution < 1.29 is 8.42 Å². The van der Waals surface area contributed by atoms with E-state index in [4.69, 9.17) is 0 Å². The van der Waals surface area contributed by atoms with Gasteiger partial charge in [0.1, 0.15) is 0 Å². The first-order valence-corrected chi connectivity index (χ1v) is 7.42. The molecule has 0 fully saturated rings. The quantitative estimate of drug-likeness (QED) is 0.817. The zero-order chi connectivity index (χ0) is 13.8. The van der Waals surface area contributed by atoms with Crippen molar-refractivity contribution in [1.82, 2.24) is 15.0 Å². The first kappa shape index (κ1) is 15.1. The summed E-state index contributed by atoms with van der Waals surface area (Å²) < 4.78 is 26.8. The summed E-state index contributed by atoms with van der Waals surface area (Å²) in [6.07, 6.45) is 2.29. The molecular weight excluding hydrogens is 250 g/mol. The molecule has 0 unspecified atom stereocenters. The van der Waals surface area contributed by atoms with E-state index in [1.807, 2.05) is 27.8 Å². The summed E-state index contributed by atoms with van der Waals surface area (Å²) in [6.45, 7) is 6.30. The van der Waals surface area contributed by atoms with Gasteiger partial charge in [0, 0.05) is 18.3 Å². The summed E-state index contributed by atoms with van der Waals surface area (Å²) in [5.41, 5.74) is 0.482. The number of hydrogen-bond acceptors (Lipinski definition) is 4. The molecule has 0 amide bonds. The van der Waals surface area contributed by atoms with Crippen LogP contribution in [-0.4, -0.2) is 26.0 Å². The fraction of sp³-hybridized carbons (Fsp3) is 0.583. The molecule has 0 spiro atoms. The second-order valence-electron chi connectivity index (χ2n) is 4.88. The predicted molar refractivity (Wildman–Crippen MR) is 71.7 cm³/mol. The minimum Gasteiger partial charge on any atom is -0.316 e. The van der Waals surface area contributed by atoms with Gasteiger partial charge in [-0.25, -0.2) is 18.1 Å². The lowest BCUT2D eigenvalue weighted by Crippen LogP contribution is -2.42. The third-order valence-electron chi connectivity index (χ3n) is 2.75. The molecule has 0 aromatic carbocycles. The molecule has 5 nitrogen and oxygen atoms in total. The number of rotatable bonds is 6. The Morgan fingerprint density at radius 3 is 2.44 bits per heavy atom. The summed E-state index contributed by atoms with van der Waals surface area (Å²) >= 11 is 0. The standard InChI is InChI=1S/C12H21N3O2S/c1-5-12(2,3)15-18(16,17)11-7-6-10(8-13-4)9-14-11/h6-7,9,13,15H,5,8H2,1-4H3. The first-order chi connectivity index (χ1) is 8.30. The molecule has 0 bridgehead atoms. The van der Waals surface area contributed by atoms with Gasteiger partial charge >= 0.3 is 0 Å². The van der Waals surface area contributed by atoms with E-state index in [1.165, 1.54) is 6.07 Å². The van der Waals surface area contributed by atoms with Crippen LogP contribution in [0.4, 0.5) is 0 Å². The molecule has 1 aromatic heterocycles. The number of nitrogens with zero attached hydrogens (tertiary/aromatic N) is 1. The molecule has 18 heavy (non-hydrogen) atoms. The maximum absolute atomic E-state index is 12.1. The average molecular weight is 271 g/mol. The zero-order valence-electron chi connectivity index (χ0n) is 11.3. The maximum atomic E-state index is 12.1.